The summed E-state index contributed by atoms with van der Waals surface area (Å²) in [5.74, 6) is -0.935. The summed E-state index contributed by atoms with van der Waals surface area (Å²) in [5, 5.41) is 12.1. The van der Waals surface area contributed by atoms with E-state index in [1.165, 1.54) is 13.3 Å². The summed E-state index contributed by atoms with van der Waals surface area (Å²) in [7, 11) is 1.54. The Balaban J connectivity index is 2.07. The number of nitrogens with one attached hydrogen (secondary N) is 1. The van der Waals surface area contributed by atoms with Crippen molar-refractivity contribution in [3.8, 4) is 5.75 Å². The number of amides is 1. The lowest BCUT2D eigenvalue weighted by Crippen LogP contribution is -2.34. The van der Waals surface area contributed by atoms with Crippen LogP contribution in [0.3, 0.4) is 0 Å². The maximum absolute atomic E-state index is 12.3. The molecule has 1 amide bonds. The first-order valence-electron chi connectivity index (χ1n) is 7.85. The van der Waals surface area contributed by atoms with Gasteiger partial charge in [-0.05, 0) is 31.9 Å². The Bertz CT molecular complexity index is 777. The topological polar surface area (TPSA) is 101 Å². The van der Waals surface area contributed by atoms with Crippen LogP contribution in [0.5, 0.6) is 5.75 Å². The van der Waals surface area contributed by atoms with Crippen LogP contribution in [0.4, 0.5) is 0 Å². The van der Waals surface area contributed by atoms with Gasteiger partial charge in [-0.25, -0.2) is 9.97 Å². The van der Waals surface area contributed by atoms with Crippen molar-refractivity contribution in [3.05, 3.63) is 53.1 Å². The average molecular weight is 343 g/mol. The number of aliphatic carboxylic acids is 1. The van der Waals surface area contributed by atoms with Crippen molar-refractivity contribution in [2.45, 2.75) is 20.3 Å². The van der Waals surface area contributed by atoms with Gasteiger partial charge in [-0.15, -0.1) is 0 Å². The summed E-state index contributed by atoms with van der Waals surface area (Å²) >= 11 is 0. The molecule has 7 heteroatoms. The molecule has 0 saturated heterocycles. The van der Waals surface area contributed by atoms with Crippen molar-refractivity contribution in [1.82, 2.24) is 15.3 Å². The lowest BCUT2D eigenvalue weighted by Gasteiger charge is -2.16. The third-order valence-corrected chi connectivity index (χ3v) is 3.86. The number of hydrogen-bond acceptors (Lipinski definition) is 5. The van der Waals surface area contributed by atoms with E-state index in [0.29, 0.717) is 22.8 Å². The Kier molecular flexibility index (Phi) is 6.05. The Morgan fingerprint density at radius 2 is 2.00 bits per heavy atom. The number of carboxylic acids is 1. The van der Waals surface area contributed by atoms with Crippen LogP contribution >= 0.6 is 0 Å². The molecule has 1 atom stereocenters. The van der Waals surface area contributed by atoms with E-state index in [9.17, 15) is 14.7 Å². The minimum atomic E-state index is -0.983. The molecule has 1 unspecified atom stereocenters. The van der Waals surface area contributed by atoms with Gasteiger partial charge in [0.05, 0.1) is 24.3 Å². The first-order valence-corrected chi connectivity index (χ1v) is 7.85. The summed E-state index contributed by atoms with van der Waals surface area (Å²) in [4.78, 5) is 32.0. The largest absolute Gasteiger partial charge is 0.496 e. The van der Waals surface area contributed by atoms with Gasteiger partial charge >= 0.3 is 5.97 Å². The quantitative estimate of drug-likeness (QED) is 0.794. The Labute approximate surface area is 146 Å². The first-order chi connectivity index (χ1) is 11.9. The number of aromatic nitrogens is 2. The van der Waals surface area contributed by atoms with E-state index < -0.39 is 11.9 Å². The van der Waals surface area contributed by atoms with Gasteiger partial charge in [-0.1, -0.05) is 18.2 Å². The summed E-state index contributed by atoms with van der Waals surface area (Å²) in [6.07, 6.45) is 1.70. The molecule has 132 valence electrons. The van der Waals surface area contributed by atoms with Crippen LogP contribution in [0.25, 0.3) is 0 Å². The minimum absolute atomic E-state index is 0.000465. The predicted octanol–water partition coefficient (Wildman–Crippen LogP) is 1.78. The van der Waals surface area contributed by atoms with Crippen molar-refractivity contribution >= 4 is 11.9 Å². The van der Waals surface area contributed by atoms with E-state index in [1.807, 2.05) is 18.2 Å². The third-order valence-electron chi connectivity index (χ3n) is 3.86. The molecule has 1 aromatic carbocycles. The van der Waals surface area contributed by atoms with E-state index in [-0.39, 0.29) is 18.9 Å². The van der Waals surface area contributed by atoms with Crippen LogP contribution in [0, 0.1) is 19.8 Å². The van der Waals surface area contributed by atoms with Gasteiger partial charge in [-0.3, -0.25) is 9.59 Å². The highest BCUT2D eigenvalue weighted by Gasteiger charge is 2.21. The number of nitrogens with zero attached hydrogens (tertiary/aromatic N) is 2. The fourth-order valence-corrected chi connectivity index (χ4v) is 2.50. The lowest BCUT2D eigenvalue weighted by atomic mass is 9.98. The molecular weight excluding hydrogens is 322 g/mol. The number of ether oxygens (including phenoxy) is 1. The molecule has 2 aromatic rings. The fourth-order valence-electron chi connectivity index (χ4n) is 2.50. The average Bonchev–Trinajstić information content (AvgIpc) is 2.58. The summed E-state index contributed by atoms with van der Waals surface area (Å²) in [5.41, 5.74) is 1.68. The van der Waals surface area contributed by atoms with Gasteiger partial charge in [0.2, 0.25) is 0 Å². The van der Waals surface area contributed by atoms with E-state index in [1.54, 1.807) is 19.9 Å². The van der Waals surface area contributed by atoms with Crippen molar-refractivity contribution in [2.75, 3.05) is 13.7 Å². The molecule has 0 aliphatic carbocycles. The SMILES string of the molecule is COc1ccccc1CC(CNC(=O)c1cnc(C)nc1C)C(=O)O. The molecule has 2 N–H and O–H groups in total. The zero-order valence-corrected chi connectivity index (χ0v) is 14.4. The molecule has 2 rings (SSSR count). The number of carbonyl (C=O) groups is 2. The van der Waals surface area contributed by atoms with E-state index >= 15 is 0 Å². The maximum atomic E-state index is 12.3. The highest BCUT2D eigenvalue weighted by Crippen LogP contribution is 2.21. The molecule has 0 fully saturated rings. The van der Waals surface area contributed by atoms with E-state index in [4.69, 9.17) is 4.74 Å². The minimum Gasteiger partial charge on any atom is -0.496 e. The molecular formula is C18H21N3O4. The zero-order valence-electron chi connectivity index (χ0n) is 14.4. The highest BCUT2D eigenvalue weighted by molar-refractivity contribution is 5.95. The lowest BCUT2D eigenvalue weighted by molar-refractivity contribution is -0.141. The number of methoxy groups -OCH3 is 1. The number of para-hydroxylation sites is 1. The number of carboxylic acid groups (broad SMARTS) is 1. The summed E-state index contributed by atoms with van der Waals surface area (Å²) in [6, 6.07) is 7.23. The predicted molar refractivity (Wildman–Crippen MR) is 91.7 cm³/mol. The second-order valence-electron chi connectivity index (χ2n) is 5.68. The smallest absolute Gasteiger partial charge is 0.308 e. The second-order valence-corrected chi connectivity index (χ2v) is 5.68. The van der Waals surface area contributed by atoms with Crippen LogP contribution < -0.4 is 10.1 Å². The molecule has 0 radical (unpaired) electrons. The number of benzene rings is 1. The Morgan fingerprint density at radius 1 is 1.28 bits per heavy atom. The van der Waals surface area contributed by atoms with Gasteiger partial charge in [0, 0.05) is 12.7 Å². The number of carbonyl (C=O) groups excluding carboxylic acids is 1. The fraction of sp³-hybridized carbons (Fsp3) is 0.333. The molecule has 25 heavy (non-hydrogen) atoms. The normalized spacial score (nSPS) is 11.6. The number of hydrogen-bond donors (Lipinski definition) is 2. The van der Waals surface area contributed by atoms with E-state index in [2.05, 4.69) is 15.3 Å². The molecule has 0 aliphatic rings. The maximum Gasteiger partial charge on any atom is 0.308 e. The molecule has 0 aliphatic heterocycles. The van der Waals surface area contributed by atoms with Crippen molar-refractivity contribution < 1.29 is 19.4 Å². The molecule has 0 spiro atoms. The summed E-state index contributed by atoms with van der Waals surface area (Å²) < 4.78 is 5.25. The third kappa shape index (κ3) is 4.76. The summed E-state index contributed by atoms with van der Waals surface area (Å²) in [6.45, 7) is 3.45. The monoisotopic (exact) mass is 343 g/mol. The molecule has 7 nitrogen and oxygen atoms in total. The van der Waals surface area contributed by atoms with Gasteiger partial charge in [-0.2, -0.15) is 0 Å². The van der Waals surface area contributed by atoms with Gasteiger partial charge in [0.25, 0.3) is 5.91 Å². The van der Waals surface area contributed by atoms with Gasteiger partial charge in [0.15, 0.2) is 0 Å². The second kappa shape index (κ2) is 8.23. The number of rotatable bonds is 7. The molecule has 0 bridgehead atoms. The van der Waals surface area contributed by atoms with Crippen LogP contribution in [-0.4, -0.2) is 40.6 Å². The van der Waals surface area contributed by atoms with Crippen molar-refractivity contribution in [3.63, 3.8) is 0 Å². The van der Waals surface area contributed by atoms with Crippen LogP contribution in [-0.2, 0) is 11.2 Å². The van der Waals surface area contributed by atoms with E-state index in [0.717, 1.165) is 5.56 Å². The highest BCUT2D eigenvalue weighted by atomic mass is 16.5. The van der Waals surface area contributed by atoms with Crippen LogP contribution in [0.2, 0.25) is 0 Å². The molecule has 1 aromatic heterocycles. The Morgan fingerprint density at radius 3 is 2.64 bits per heavy atom. The standard InChI is InChI=1S/C18H21N3O4/c1-11-15(10-19-12(2)21-11)17(22)20-9-14(18(23)24)8-13-6-4-5-7-16(13)25-3/h4-7,10,14H,8-9H2,1-3H3,(H,20,22)(H,23,24). The van der Waals surface area contributed by atoms with Gasteiger partial charge < -0.3 is 15.2 Å². The van der Waals surface area contributed by atoms with Crippen molar-refractivity contribution in [2.24, 2.45) is 5.92 Å². The zero-order chi connectivity index (χ0) is 18.4. The molecule has 1 heterocycles. The Hall–Kier alpha value is -2.96. The van der Waals surface area contributed by atoms with Crippen LogP contribution in [0.1, 0.15) is 27.4 Å². The van der Waals surface area contributed by atoms with Gasteiger partial charge in [0.1, 0.15) is 11.6 Å². The van der Waals surface area contributed by atoms with Crippen LogP contribution in [0.15, 0.2) is 30.5 Å². The van der Waals surface area contributed by atoms with Crippen molar-refractivity contribution in [1.29, 1.82) is 0 Å². The molecule has 0 saturated carbocycles. The first kappa shape index (κ1) is 18.4. The number of aryl methyl sites for hydroxylation is 2.